The van der Waals surface area contributed by atoms with Crippen LogP contribution in [-0.4, -0.2) is 25.9 Å². The smallest absolute Gasteiger partial charge is 0.369 e. The van der Waals surface area contributed by atoms with Gasteiger partial charge in [-0.25, -0.2) is 12.8 Å². The SMILES string of the molecule is Cc1cc(S(=O)(=O)Cc2ccc(C(O)(C(F)(F)F)C(F)(F)F)cc2)ccc1F. The van der Waals surface area contributed by atoms with Crippen LogP contribution >= 0.6 is 0 Å². The van der Waals surface area contributed by atoms with Crippen molar-refractivity contribution in [2.75, 3.05) is 0 Å². The van der Waals surface area contributed by atoms with Crippen LogP contribution in [0.4, 0.5) is 30.7 Å². The van der Waals surface area contributed by atoms with Crippen molar-refractivity contribution >= 4 is 9.84 Å². The number of aliphatic hydroxyl groups is 1. The van der Waals surface area contributed by atoms with Crippen LogP contribution in [0.2, 0.25) is 0 Å². The van der Waals surface area contributed by atoms with Crippen LogP contribution in [0.25, 0.3) is 0 Å². The maximum absolute atomic E-state index is 13.3. The van der Waals surface area contributed by atoms with Gasteiger partial charge in [-0.3, -0.25) is 0 Å². The van der Waals surface area contributed by atoms with E-state index in [1.54, 1.807) is 0 Å². The fourth-order valence-corrected chi connectivity index (χ4v) is 3.87. The van der Waals surface area contributed by atoms with Crippen molar-refractivity contribution < 1.29 is 44.3 Å². The third-order valence-corrected chi connectivity index (χ3v) is 5.72. The van der Waals surface area contributed by atoms with Crippen molar-refractivity contribution in [3.8, 4) is 0 Å². The maximum atomic E-state index is 13.3. The first kappa shape index (κ1) is 22.2. The molecule has 0 heterocycles. The van der Waals surface area contributed by atoms with Crippen LogP contribution in [0.5, 0.6) is 0 Å². The molecule has 0 atom stereocenters. The van der Waals surface area contributed by atoms with Gasteiger partial charge < -0.3 is 5.11 Å². The second-order valence-corrected chi connectivity index (χ2v) is 8.06. The zero-order valence-electron chi connectivity index (χ0n) is 14.1. The van der Waals surface area contributed by atoms with Gasteiger partial charge in [0, 0.05) is 5.56 Å². The lowest BCUT2D eigenvalue weighted by Crippen LogP contribution is -2.53. The topological polar surface area (TPSA) is 54.4 Å². The lowest BCUT2D eigenvalue weighted by Gasteiger charge is -2.32. The second-order valence-electron chi connectivity index (χ2n) is 6.07. The third kappa shape index (κ3) is 4.00. The number of alkyl halides is 6. The van der Waals surface area contributed by atoms with Crippen LogP contribution in [-0.2, 0) is 21.2 Å². The highest BCUT2D eigenvalue weighted by Gasteiger charge is 2.71. The number of rotatable bonds is 4. The lowest BCUT2D eigenvalue weighted by molar-refractivity contribution is -0.376. The molecule has 2 aromatic rings. The Hall–Kier alpha value is -2.14. The van der Waals surface area contributed by atoms with Crippen molar-refractivity contribution in [1.29, 1.82) is 0 Å². The molecule has 0 amide bonds. The molecule has 1 N–H and O–H groups in total. The van der Waals surface area contributed by atoms with Crippen LogP contribution in [0.1, 0.15) is 16.7 Å². The average molecular weight is 430 g/mol. The van der Waals surface area contributed by atoms with E-state index in [0.29, 0.717) is 12.1 Å². The molecule has 3 nitrogen and oxygen atoms in total. The molecule has 28 heavy (non-hydrogen) atoms. The Morgan fingerprint density at radius 3 is 1.82 bits per heavy atom. The Labute approximate surface area is 155 Å². The molecule has 0 aromatic heterocycles. The standard InChI is InChI=1S/C17H13F7O3S/c1-10-8-13(6-7-14(10)18)28(26,27)9-11-2-4-12(5-3-11)15(25,16(19,20)21)17(22,23)24/h2-8,25H,9H2,1H3. The van der Waals surface area contributed by atoms with Gasteiger partial charge in [-0.2, -0.15) is 26.3 Å². The molecule has 2 rings (SSSR count). The Balaban J connectivity index is 2.38. The molecule has 0 fully saturated rings. The zero-order valence-corrected chi connectivity index (χ0v) is 14.9. The molecular weight excluding hydrogens is 417 g/mol. The van der Waals surface area contributed by atoms with Gasteiger partial charge in [-0.1, -0.05) is 24.3 Å². The third-order valence-electron chi connectivity index (χ3n) is 4.04. The van der Waals surface area contributed by atoms with E-state index in [2.05, 4.69) is 0 Å². The van der Waals surface area contributed by atoms with Crippen molar-refractivity contribution in [1.82, 2.24) is 0 Å². The largest absolute Gasteiger partial charge is 0.430 e. The number of benzene rings is 2. The summed E-state index contributed by atoms with van der Waals surface area (Å²) in [5, 5.41) is 9.31. The Morgan fingerprint density at radius 1 is 0.893 bits per heavy atom. The fraction of sp³-hybridized carbons (Fsp3) is 0.294. The van der Waals surface area contributed by atoms with Crippen molar-refractivity contribution in [2.45, 2.75) is 35.5 Å². The van der Waals surface area contributed by atoms with Gasteiger partial charge in [0.25, 0.3) is 5.60 Å². The quantitative estimate of drug-likeness (QED) is 0.577. The molecule has 0 aliphatic heterocycles. The van der Waals surface area contributed by atoms with Crippen molar-refractivity contribution in [2.24, 2.45) is 0 Å². The van der Waals surface area contributed by atoms with Gasteiger partial charge in [-0.15, -0.1) is 0 Å². The van der Waals surface area contributed by atoms with Crippen molar-refractivity contribution in [3.05, 3.63) is 65.0 Å². The molecule has 154 valence electrons. The summed E-state index contributed by atoms with van der Waals surface area (Å²) in [5.41, 5.74) is -6.65. The Kier molecular flexibility index (Phi) is 5.56. The van der Waals surface area contributed by atoms with Gasteiger partial charge >= 0.3 is 12.4 Å². The summed E-state index contributed by atoms with van der Waals surface area (Å²) in [5.74, 6) is -1.38. The number of halogens is 7. The van der Waals surface area contributed by atoms with E-state index in [4.69, 9.17) is 0 Å². The van der Waals surface area contributed by atoms with Crippen LogP contribution in [0, 0.1) is 12.7 Å². The predicted octanol–water partition coefficient (Wildman–Crippen LogP) is 4.42. The molecule has 0 aliphatic rings. The van der Waals surface area contributed by atoms with Crippen molar-refractivity contribution in [3.63, 3.8) is 0 Å². The Bertz CT molecular complexity index is 948. The molecule has 0 bridgehead atoms. The first-order chi connectivity index (χ1) is 12.6. The molecule has 0 unspecified atom stereocenters. The number of hydrogen-bond acceptors (Lipinski definition) is 3. The summed E-state index contributed by atoms with van der Waals surface area (Å²) in [4.78, 5) is -0.252. The fourth-order valence-electron chi connectivity index (χ4n) is 2.44. The average Bonchev–Trinajstić information content (AvgIpc) is 2.54. The Morgan fingerprint density at radius 2 is 1.39 bits per heavy atom. The summed E-state index contributed by atoms with van der Waals surface area (Å²) in [6, 6.07) is 5.20. The summed E-state index contributed by atoms with van der Waals surface area (Å²) >= 11 is 0. The van der Waals surface area contributed by atoms with Crippen LogP contribution < -0.4 is 0 Å². The van der Waals surface area contributed by atoms with E-state index < -0.39 is 44.9 Å². The molecule has 0 radical (unpaired) electrons. The maximum Gasteiger partial charge on any atom is 0.430 e. The van der Waals surface area contributed by atoms with Gasteiger partial charge in [0.1, 0.15) is 5.82 Å². The van der Waals surface area contributed by atoms with E-state index >= 15 is 0 Å². The number of hydrogen-bond donors (Lipinski definition) is 1. The first-order valence-corrected chi connectivity index (χ1v) is 9.19. The highest BCUT2D eigenvalue weighted by atomic mass is 32.2. The van der Waals surface area contributed by atoms with E-state index in [0.717, 1.165) is 30.3 Å². The lowest BCUT2D eigenvalue weighted by atomic mass is 9.92. The number of sulfone groups is 1. The van der Waals surface area contributed by atoms with Gasteiger partial charge in [0.2, 0.25) is 0 Å². The normalized spacial score (nSPS) is 13.6. The van der Waals surface area contributed by atoms with Gasteiger partial charge in [0.05, 0.1) is 10.6 Å². The zero-order chi connectivity index (χ0) is 21.5. The summed E-state index contributed by atoms with van der Waals surface area (Å²) in [6.07, 6.45) is -12.1. The molecule has 2 aromatic carbocycles. The van der Waals surface area contributed by atoms with E-state index in [9.17, 15) is 44.3 Å². The van der Waals surface area contributed by atoms with E-state index in [1.807, 2.05) is 0 Å². The molecule has 0 spiro atoms. The molecule has 0 saturated carbocycles. The number of aryl methyl sites for hydroxylation is 1. The monoisotopic (exact) mass is 430 g/mol. The molecule has 0 saturated heterocycles. The minimum atomic E-state index is -6.04. The minimum Gasteiger partial charge on any atom is -0.369 e. The highest BCUT2D eigenvalue weighted by molar-refractivity contribution is 7.90. The van der Waals surface area contributed by atoms with Crippen LogP contribution in [0.3, 0.4) is 0 Å². The predicted molar refractivity (Wildman–Crippen MR) is 84.5 cm³/mol. The molecule has 0 aliphatic carbocycles. The highest BCUT2D eigenvalue weighted by Crippen LogP contribution is 2.49. The minimum absolute atomic E-state index is 0.0526. The molecule has 11 heteroatoms. The van der Waals surface area contributed by atoms with Gasteiger partial charge in [0.15, 0.2) is 9.84 Å². The van der Waals surface area contributed by atoms with E-state index in [-0.39, 0.29) is 16.0 Å². The summed E-state index contributed by atoms with van der Waals surface area (Å²) in [6.45, 7) is 1.33. The second kappa shape index (κ2) is 7.03. The van der Waals surface area contributed by atoms with E-state index in [1.165, 1.54) is 6.92 Å². The van der Waals surface area contributed by atoms with Gasteiger partial charge in [-0.05, 0) is 36.2 Å². The summed E-state index contributed by atoms with van der Waals surface area (Å²) in [7, 11) is -4.03. The molecular formula is C17H13F7O3S. The first-order valence-electron chi connectivity index (χ1n) is 7.54. The summed E-state index contributed by atoms with van der Waals surface area (Å²) < 4.78 is 115. The van der Waals surface area contributed by atoms with Crippen LogP contribution in [0.15, 0.2) is 47.4 Å².